The number of carboxylic acids is 1. The molecule has 1 aliphatic heterocycles. The maximum absolute atomic E-state index is 14.6. The lowest BCUT2D eigenvalue weighted by Gasteiger charge is -2.26. The van der Waals surface area contributed by atoms with Gasteiger partial charge in [-0.15, -0.1) is 11.3 Å². The van der Waals surface area contributed by atoms with Crippen molar-refractivity contribution in [3.05, 3.63) is 80.8 Å². The first-order chi connectivity index (χ1) is 15.5. The lowest BCUT2D eigenvalue weighted by atomic mass is 10.0. The number of aromatic carboxylic acids is 1. The summed E-state index contributed by atoms with van der Waals surface area (Å²) in [5, 5.41) is 10.6. The van der Waals surface area contributed by atoms with Crippen molar-refractivity contribution in [3.63, 3.8) is 0 Å². The highest BCUT2D eigenvalue weighted by Gasteiger charge is 2.38. The highest BCUT2D eigenvalue weighted by molar-refractivity contribution is 7.90. The first-order valence-electron chi connectivity index (χ1n) is 9.17. The number of anilines is 1. The predicted molar refractivity (Wildman–Crippen MR) is 110 cm³/mol. The smallest absolute Gasteiger partial charge is 0.346 e. The molecule has 3 aromatic rings. The van der Waals surface area contributed by atoms with Gasteiger partial charge in [0.15, 0.2) is 9.84 Å². The summed E-state index contributed by atoms with van der Waals surface area (Å²) >= 11 is 0.732. The van der Waals surface area contributed by atoms with Gasteiger partial charge in [-0.1, -0.05) is 6.07 Å². The number of imide groups is 1. The summed E-state index contributed by atoms with van der Waals surface area (Å²) in [6.45, 7) is 0. The molecular formula is C21H12F3NO6S2. The van der Waals surface area contributed by atoms with Crippen molar-refractivity contribution in [1.82, 2.24) is 0 Å². The van der Waals surface area contributed by atoms with Crippen LogP contribution in [0.4, 0.5) is 18.9 Å². The molecule has 2 aromatic carbocycles. The van der Waals surface area contributed by atoms with Gasteiger partial charge in [-0.3, -0.25) is 9.59 Å². The lowest BCUT2D eigenvalue weighted by molar-refractivity contribution is -0.117. The van der Waals surface area contributed by atoms with Gasteiger partial charge in [-0.2, -0.15) is 0 Å². The van der Waals surface area contributed by atoms with Gasteiger partial charge in [0.1, 0.15) is 22.3 Å². The van der Waals surface area contributed by atoms with Crippen molar-refractivity contribution in [1.29, 1.82) is 0 Å². The van der Waals surface area contributed by atoms with Gasteiger partial charge in [-0.05, 0) is 41.3 Å². The van der Waals surface area contributed by atoms with E-state index in [1.807, 2.05) is 0 Å². The molecule has 1 N–H and O–H groups in total. The average Bonchev–Trinajstić information content (AvgIpc) is 3.16. The molecule has 1 aromatic heterocycles. The summed E-state index contributed by atoms with van der Waals surface area (Å²) in [4.78, 5) is 36.4. The van der Waals surface area contributed by atoms with Crippen molar-refractivity contribution in [2.24, 2.45) is 0 Å². The summed E-state index contributed by atoms with van der Waals surface area (Å²) in [6, 6.07) is 5.07. The maximum atomic E-state index is 14.6. The number of rotatable bonds is 5. The van der Waals surface area contributed by atoms with Gasteiger partial charge in [0.25, 0.3) is 5.91 Å². The molecule has 0 bridgehead atoms. The van der Waals surface area contributed by atoms with Gasteiger partial charge in [0.05, 0.1) is 28.3 Å². The van der Waals surface area contributed by atoms with Crippen molar-refractivity contribution < 1.29 is 41.1 Å². The van der Waals surface area contributed by atoms with Gasteiger partial charge < -0.3 is 5.11 Å². The molecule has 0 saturated heterocycles. The Morgan fingerprint density at radius 1 is 1.06 bits per heavy atom. The molecule has 2 amide bonds. The zero-order valence-corrected chi connectivity index (χ0v) is 18.0. The molecule has 4 rings (SSSR count). The summed E-state index contributed by atoms with van der Waals surface area (Å²) in [5.41, 5.74) is -1.55. The summed E-state index contributed by atoms with van der Waals surface area (Å²) in [6.07, 6.45) is -0.401. The quantitative estimate of drug-likeness (QED) is 0.428. The Balaban J connectivity index is 1.78. The average molecular weight is 495 g/mol. The molecule has 0 saturated carbocycles. The Bertz CT molecular complexity index is 1430. The Morgan fingerprint density at radius 3 is 2.36 bits per heavy atom. The van der Waals surface area contributed by atoms with Crippen LogP contribution in [-0.4, -0.2) is 31.3 Å². The van der Waals surface area contributed by atoms with Crippen LogP contribution in [0.1, 0.15) is 31.2 Å². The number of fused-ring (bicyclic) bond motifs is 1. The molecule has 0 fully saturated rings. The van der Waals surface area contributed by atoms with Crippen molar-refractivity contribution in [2.75, 3.05) is 4.90 Å². The van der Waals surface area contributed by atoms with Crippen molar-refractivity contribution in [2.45, 2.75) is 17.1 Å². The Labute approximate surface area is 188 Å². The second-order valence-corrected chi connectivity index (χ2v) is 9.92. The Hall–Kier alpha value is -3.51. The minimum Gasteiger partial charge on any atom is -0.477 e. The second kappa shape index (κ2) is 8.12. The predicted octanol–water partition coefficient (Wildman–Crippen LogP) is 3.57. The zero-order valence-electron chi connectivity index (χ0n) is 16.3. The van der Waals surface area contributed by atoms with E-state index < -0.39 is 73.4 Å². The molecule has 0 atom stereocenters. The molecular weight excluding hydrogens is 483 g/mol. The lowest BCUT2D eigenvalue weighted by Crippen LogP contribution is -2.43. The van der Waals surface area contributed by atoms with Crippen LogP contribution in [0.2, 0.25) is 0 Å². The van der Waals surface area contributed by atoms with Crippen LogP contribution in [0.5, 0.6) is 0 Å². The Morgan fingerprint density at radius 2 is 1.73 bits per heavy atom. The first-order valence-corrected chi connectivity index (χ1v) is 11.7. The number of sulfone groups is 1. The first kappa shape index (κ1) is 22.7. The summed E-state index contributed by atoms with van der Waals surface area (Å²) in [5.74, 6) is -7.81. The van der Waals surface area contributed by atoms with E-state index in [0.717, 1.165) is 35.6 Å². The maximum Gasteiger partial charge on any atom is 0.346 e. The van der Waals surface area contributed by atoms with E-state index in [0.29, 0.717) is 17.0 Å². The highest BCUT2D eigenvalue weighted by atomic mass is 32.2. The number of nitrogens with zero attached hydrogens (tertiary/aromatic N) is 1. The molecule has 7 nitrogen and oxygen atoms in total. The third kappa shape index (κ3) is 3.91. The fraction of sp³-hybridized carbons (Fsp3) is 0.0952. The number of thiophene rings is 1. The molecule has 170 valence electrons. The normalized spacial score (nSPS) is 13.8. The number of hydrogen-bond acceptors (Lipinski definition) is 6. The van der Waals surface area contributed by atoms with Crippen LogP contribution in [0.25, 0.3) is 0 Å². The number of amides is 2. The molecule has 0 spiro atoms. The fourth-order valence-electron chi connectivity index (χ4n) is 3.43. The molecule has 0 radical (unpaired) electrons. The van der Waals surface area contributed by atoms with Crippen LogP contribution in [0, 0.1) is 17.5 Å². The minimum absolute atomic E-state index is 0.169. The van der Waals surface area contributed by atoms with Gasteiger partial charge in [-0.25, -0.2) is 31.3 Å². The number of carboxylic acid groups (broad SMARTS) is 1. The minimum atomic E-state index is -4.43. The van der Waals surface area contributed by atoms with Crippen molar-refractivity contribution >= 4 is 44.6 Å². The van der Waals surface area contributed by atoms with Crippen molar-refractivity contribution in [3.8, 4) is 0 Å². The highest BCUT2D eigenvalue weighted by Crippen LogP contribution is 2.34. The van der Waals surface area contributed by atoms with Crippen LogP contribution in [-0.2, 0) is 26.8 Å². The summed E-state index contributed by atoms with van der Waals surface area (Å²) < 4.78 is 68.1. The van der Waals surface area contributed by atoms with E-state index in [2.05, 4.69) is 0 Å². The summed E-state index contributed by atoms with van der Waals surface area (Å²) in [7, 11) is -4.43. The molecule has 12 heteroatoms. The number of benzene rings is 2. The van der Waals surface area contributed by atoms with E-state index >= 15 is 0 Å². The molecule has 0 unspecified atom stereocenters. The molecule has 33 heavy (non-hydrogen) atoms. The van der Waals surface area contributed by atoms with Crippen LogP contribution < -0.4 is 4.90 Å². The third-order valence-corrected chi connectivity index (χ3v) is 7.64. The SMILES string of the molecule is O=C(O)c1scc2c1C(=O)N(c1cc(S(=O)(=O)Cc3c(F)cccc3F)ccc1F)C(=O)C2. The zero-order chi connectivity index (χ0) is 24.1. The number of carbonyl (C=O) groups is 3. The van der Waals surface area contributed by atoms with Gasteiger partial charge >= 0.3 is 5.97 Å². The van der Waals surface area contributed by atoms with Crippen LogP contribution in [0.15, 0.2) is 46.7 Å². The van der Waals surface area contributed by atoms with E-state index in [4.69, 9.17) is 0 Å². The van der Waals surface area contributed by atoms with E-state index in [9.17, 15) is 41.1 Å². The van der Waals surface area contributed by atoms with E-state index in [-0.39, 0.29) is 16.0 Å². The topological polar surface area (TPSA) is 109 Å². The number of halogens is 3. The van der Waals surface area contributed by atoms with Crippen LogP contribution >= 0.6 is 11.3 Å². The fourth-order valence-corrected chi connectivity index (χ4v) is 5.71. The Kier molecular flexibility index (Phi) is 5.58. The van der Waals surface area contributed by atoms with E-state index in [1.54, 1.807) is 0 Å². The van der Waals surface area contributed by atoms with Crippen LogP contribution in [0.3, 0.4) is 0 Å². The number of hydrogen-bond donors (Lipinski definition) is 1. The monoisotopic (exact) mass is 495 g/mol. The molecule has 2 heterocycles. The molecule has 1 aliphatic rings. The standard InChI is InChI=1S/C21H12F3NO6S2/c22-13-2-1-3-14(23)12(13)9-33(30,31)11-4-5-15(24)16(7-11)25-17(26)6-10-8-32-19(21(28)29)18(10)20(25)27/h1-5,7-8H,6,9H2,(H,28,29). The van der Waals surface area contributed by atoms with Gasteiger partial charge in [0, 0.05) is 5.56 Å². The second-order valence-electron chi connectivity index (χ2n) is 7.05. The third-order valence-electron chi connectivity index (χ3n) is 4.98. The molecule has 0 aliphatic carbocycles. The van der Waals surface area contributed by atoms with Gasteiger partial charge in [0.2, 0.25) is 5.91 Å². The largest absolute Gasteiger partial charge is 0.477 e. The number of carbonyl (C=O) groups excluding carboxylic acids is 2. The van der Waals surface area contributed by atoms with E-state index in [1.165, 1.54) is 5.38 Å².